The SMILES string of the molecule is C=C(C(C)=O)C(=O)OCC(C)(C)OC(C)=O. The first kappa shape index (κ1) is 14.3. The number of rotatable bonds is 5. The maximum Gasteiger partial charge on any atom is 0.341 e. The lowest BCUT2D eigenvalue weighted by atomic mass is 10.1. The van der Waals surface area contributed by atoms with Crippen LogP contribution >= 0.6 is 0 Å². The van der Waals surface area contributed by atoms with Crippen molar-refractivity contribution in [3.8, 4) is 0 Å². The number of ketones is 1. The number of hydrogen-bond donors (Lipinski definition) is 0. The molecular formula is C11H16O5. The Morgan fingerprint density at radius 3 is 2.06 bits per heavy atom. The first-order valence-corrected chi connectivity index (χ1v) is 4.72. The lowest BCUT2D eigenvalue weighted by Gasteiger charge is -2.23. The molecule has 0 saturated heterocycles. The van der Waals surface area contributed by atoms with Gasteiger partial charge in [-0.05, 0) is 20.8 Å². The maximum atomic E-state index is 11.2. The highest BCUT2D eigenvalue weighted by atomic mass is 16.6. The molecule has 0 rings (SSSR count). The van der Waals surface area contributed by atoms with Crippen molar-refractivity contribution in [3.05, 3.63) is 12.2 Å². The average molecular weight is 228 g/mol. The Morgan fingerprint density at radius 2 is 1.69 bits per heavy atom. The molecule has 0 aliphatic carbocycles. The molecular weight excluding hydrogens is 212 g/mol. The fourth-order valence-electron chi connectivity index (χ4n) is 0.889. The number of carbonyl (C=O) groups excluding carboxylic acids is 3. The lowest BCUT2D eigenvalue weighted by molar-refractivity contribution is -0.165. The van der Waals surface area contributed by atoms with E-state index < -0.39 is 23.3 Å². The molecule has 0 heterocycles. The number of esters is 2. The molecule has 0 aliphatic rings. The summed E-state index contributed by atoms with van der Waals surface area (Å²) in [5.74, 6) is -1.71. The van der Waals surface area contributed by atoms with Crippen LogP contribution in [0.3, 0.4) is 0 Å². The van der Waals surface area contributed by atoms with Crippen LogP contribution in [0, 0.1) is 0 Å². The topological polar surface area (TPSA) is 69.7 Å². The summed E-state index contributed by atoms with van der Waals surface area (Å²) in [6, 6.07) is 0. The zero-order valence-corrected chi connectivity index (χ0v) is 9.96. The van der Waals surface area contributed by atoms with E-state index in [1.807, 2.05) is 0 Å². The minimum atomic E-state index is -0.918. The number of hydrogen-bond acceptors (Lipinski definition) is 5. The predicted octanol–water partition coefficient (Wildman–Crippen LogP) is 1.02. The number of Topliss-reactive ketones (excluding diaryl/α,β-unsaturated/α-hetero) is 1. The van der Waals surface area contributed by atoms with Crippen LogP contribution in [0.2, 0.25) is 0 Å². The minimum Gasteiger partial charge on any atom is -0.458 e. The van der Waals surface area contributed by atoms with Crippen LogP contribution in [-0.4, -0.2) is 29.9 Å². The Kier molecular flexibility index (Phi) is 4.88. The van der Waals surface area contributed by atoms with Crippen LogP contribution < -0.4 is 0 Å². The molecule has 0 aromatic rings. The third kappa shape index (κ3) is 5.29. The monoisotopic (exact) mass is 228 g/mol. The van der Waals surface area contributed by atoms with Crippen LogP contribution in [0.5, 0.6) is 0 Å². The van der Waals surface area contributed by atoms with Crippen LogP contribution in [0.4, 0.5) is 0 Å². The normalized spacial score (nSPS) is 10.5. The molecule has 0 saturated carbocycles. The first-order valence-electron chi connectivity index (χ1n) is 4.72. The van der Waals surface area contributed by atoms with Crippen molar-refractivity contribution < 1.29 is 23.9 Å². The minimum absolute atomic E-state index is 0.127. The van der Waals surface area contributed by atoms with E-state index in [1.165, 1.54) is 13.8 Å². The quantitative estimate of drug-likeness (QED) is 0.304. The fraction of sp³-hybridized carbons (Fsp3) is 0.545. The molecule has 5 heteroatoms. The molecule has 5 nitrogen and oxygen atoms in total. The molecule has 0 fully saturated rings. The Bertz CT molecular complexity index is 327. The summed E-state index contributed by atoms with van der Waals surface area (Å²) in [6.07, 6.45) is 0. The molecule has 16 heavy (non-hydrogen) atoms. The van der Waals surface area contributed by atoms with Gasteiger partial charge in [-0.1, -0.05) is 6.58 Å². The first-order chi connectivity index (χ1) is 7.15. The zero-order chi connectivity index (χ0) is 12.9. The largest absolute Gasteiger partial charge is 0.458 e. The standard InChI is InChI=1S/C11H16O5/c1-7(8(2)12)10(14)15-6-11(4,5)16-9(3)13/h1,6H2,2-5H3. The summed E-state index contributed by atoms with van der Waals surface area (Å²) in [4.78, 5) is 32.7. The molecule has 0 radical (unpaired) electrons. The van der Waals surface area contributed by atoms with Crippen molar-refractivity contribution >= 4 is 17.7 Å². The number of ether oxygens (including phenoxy) is 2. The van der Waals surface area contributed by atoms with Crippen LogP contribution in [-0.2, 0) is 23.9 Å². The third-order valence-electron chi connectivity index (χ3n) is 1.64. The maximum absolute atomic E-state index is 11.2. The number of carbonyl (C=O) groups is 3. The molecule has 0 N–H and O–H groups in total. The van der Waals surface area contributed by atoms with Gasteiger partial charge in [0.15, 0.2) is 5.78 Å². The van der Waals surface area contributed by atoms with Crippen molar-refractivity contribution in [3.63, 3.8) is 0 Å². The van der Waals surface area contributed by atoms with Crippen LogP contribution in [0.1, 0.15) is 27.7 Å². The molecule has 0 unspecified atom stereocenters. The zero-order valence-electron chi connectivity index (χ0n) is 9.96. The van der Waals surface area contributed by atoms with Gasteiger partial charge in [-0.3, -0.25) is 9.59 Å². The van der Waals surface area contributed by atoms with E-state index in [2.05, 4.69) is 6.58 Å². The summed E-state index contributed by atoms with van der Waals surface area (Å²) in [5.41, 5.74) is -1.14. The van der Waals surface area contributed by atoms with Crippen molar-refractivity contribution in [1.29, 1.82) is 0 Å². The van der Waals surface area contributed by atoms with Gasteiger partial charge in [0, 0.05) is 6.92 Å². The highest BCUT2D eigenvalue weighted by molar-refractivity contribution is 6.15. The summed E-state index contributed by atoms with van der Waals surface area (Å²) in [7, 11) is 0. The van der Waals surface area contributed by atoms with Crippen molar-refractivity contribution in [2.24, 2.45) is 0 Å². The van der Waals surface area contributed by atoms with Gasteiger partial charge < -0.3 is 9.47 Å². The summed E-state index contributed by atoms with van der Waals surface area (Å²) < 4.78 is 9.69. The van der Waals surface area contributed by atoms with E-state index in [4.69, 9.17) is 9.47 Å². The predicted molar refractivity (Wildman–Crippen MR) is 56.6 cm³/mol. The van der Waals surface area contributed by atoms with E-state index in [0.717, 1.165) is 0 Å². The second kappa shape index (κ2) is 5.44. The van der Waals surface area contributed by atoms with E-state index >= 15 is 0 Å². The van der Waals surface area contributed by atoms with Gasteiger partial charge in [0.1, 0.15) is 12.2 Å². The van der Waals surface area contributed by atoms with Crippen LogP contribution in [0.15, 0.2) is 12.2 Å². The van der Waals surface area contributed by atoms with Gasteiger partial charge in [-0.15, -0.1) is 0 Å². The lowest BCUT2D eigenvalue weighted by Crippen LogP contribution is -2.34. The van der Waals surface area contributed by atoms with Gasteiger partial charge in [0.2, 0.25) is 0 Å². The fourth-order valence-corrected chi connectivity index (χ4v) is 0.889. The van der Waals surface area contributed by atoms with Crippen molar-refractivity contribution in [1.82, 2.24) is 0 Å². The Hall–Kier alpha value is -1.65. The summed E-state index contributed by atoms with van der Waals surface area (Å²) in [6.45, 7) is 8.83. The third-order valence-corrected chi connectivity index (χ3v) is 1.64. The molecule has 0 atom stereocenters. The smallest absolute Gasteiger partial charge is 0.341 e. The van der Waals surface area contributed by atoms with E-state index in [-0.39, 0.29) is 12.2 Å². The van der Waals surface area contributed by atoms with Gasteiger partial charge in [-0.25, -0.2) is 4.79 Å². The molecule has 0 aromatic carbocycles. The Labute approximate surface area is 94.4 Å². The second-order valence-electron chi connectivity index (χ2n) is 3.96. The Balaban J connectivity index is 4.24. The van der Waals surface area contributed by atoms with Gasteiger partial charge in [0.05, 0.1) is 5.57 Å². The summed E-state index contributed by atoms with van der Waals surface area (Å²) in [5, 5.41) is 0. The molecule has 0 aliphatic heterocycles. The summed E-state index contributed by atoms with van der Waals surface area (Å²) >= 11 is 0. The molecule has 90 valence electrons. The molecule has 0 aromatic heterocycles. The van der Waals surface area contributed by atoms with Gasteiger partial charge >= 0.3 is 11.9 Å². The van der Waals surface area contributed by atoms with E-state index in [9.17, 15) is 14.4 Å². The average Bonchev–Trinajstić information content (AvgIpc) is 2.10. The second-order valence-corrected chi connectivity index (χ2v) is 3.96. The van der Waals surface area contributed by atoms with E-state index in [0.29, 0.717) is 0 Å². The Morgan fingerprint density at radius 1 is 1.19 bits per heavy atom. The van der Waals surface area contributed by atoms with E-state index in [1.54, 1.807) is 13.8 Å². The van der Waals surface area contributed by atoms with Gasteiger partial charge in [0.25, 0.3) is 0 Å². The van der Waals surface area contributed by atoms with Crippen molar-refractivity contribution in [2.45, 2.75) is 33.3 Å². The molecule has 0 bridgehead atoms. The van der Waals surface area contributed by atoms with Gasteiger partial charge in [-0.2, -0.15) is 0 Å². The highest BCUT2D eigenvalue weighted by Crippen LogP contribution is 2.11. The molecule has 0 amide bonds. The highest BCUT2D eigenvalue weighted by Gasteiger charge is 2.24. The van der Waals surface area contributed by atoms with Crippen molar-refractivity contribution in [2.75, 3.05) is 6.61 Å². The molecule has 0 spiro atoms. The van der Waals surface area contributed by atoms with Crippen LogP contribution in [0.25, 0.3) is 0 Å².